The molecule has 0 bridgehead atoms. The van der Waals surface area contributed by atoms with Crippen LogP contribution in [0.1, 0.15) is 24.6 Å². The molecule has 5 heteroatoms. The second-order valence-electron chi connectivity index (χ2n) is 4.53. The van der Waals surface area contributed by atoms with E-state index in [-0.39, 0.29) is 0 Å². The maximum atomic E-state index is 5.89. The zero-order chi connectivity index (χ0) is 13.2. The van der Waals surface area contributed by atoms with E-state index in [9.17, 15) is 0 Å². The molecule has 0 fully saturated rings. The first-order valence-electron chi connectivity index (χ1n) is 6.47. The monoisotopic (exact) mass is 272 g/mol. The number of pyridine rings is 1. The topological polar surface area (TPSA) is 67.6 Å². The second-order valence-corrected chi connectivity index (χ2v) is 5.64. The Labute approximate surface area is 115 Å². The third-order valence-electron chi connectivity index (χ3n) is 3.19. The molecular formula is C14H16N4S. The molecule has 0 saturated heterocycles. The largest absolute Gasteiger partial charge is 0.375 e. The lowest BCUT2D eigenvalue weighted by atomic mass is 10.1. The van der Waals surface area contributed by atoms with E-state index in [1.54, 1.807) is 11.3 Å². The van der Waals surface area contributed by atoms with Crippen molar-refractivity contribution in [2.24, 2.45) is 0 Å². The Balaban J connectivity index is 2.13. The zero-order valence-corrected chi connectivity index (χ0v) is 11.6. The van der Waals surface area contributed by atoms with E-state index in [0.29, 0.717) is 5.13 Å². The van der Waals surface area contributed by atoms with Gasteiger partial charge in [0.2, 0.25) is 0 Å². The van der Waals surface area contributed by atoms with Gasteiger partial charge in [-0.1, -0.05) is 13.3 Å². The Morgan fingerprint density at radius 1 is 1.37 bits per heavy atom. The summed E-state index contributed by atoms with van der Waals surface area (Å²) in [5.41, 5.74) is 8.92. The van der Waals surface area contributed by atoms with Gasteiger partial charge in [0.1, 0.15) is 5.65 Å². The van der Waals surface area contributed by atoms with Crippen LogP contribution in [0.15, 0.2) is 24.5 Å². The minimum absolute atomic E-state index is 0.640. The van der Waals surface area contributed by atoms with Crippen molar-refractivity contribution in [3.8, 4) is 11.3 Å². The zero-order valence-electron chi connectivity index (χ0n) is 10.8. The smallest absolute Gasteiger partial charge is 0.180 e. The molecule has 0 unspecified atom stereocenters. The van der Waals surface area contributed by atoms with Crippen LogP contribution < -0.4 is 5.73 Å². The van der Waals surface area contributed by atoms with E-state index in [1.807, 2.05) is 24.5 Å². The van der Waals surface area contributed by atoms with Crippen LogP contribution in [0.25, 0.3) is 22.3 Å². The molecule has 0 aliphatic carbocycles. The molecule has 0 spiro atoms. The Morgan fingerprint density at radius 3 is 3.11 bits per heavy atom. The molecule has 3 rings (SSSR count). The Bertz CT molecular complexity index is 698. The number of hydrogen-bond acceptors (Lipinski definition) is 4. The number of unbranched alkanes of at least 4 members (excludes halogenated alkanes) is 1. The first-order valence-corrected chi connectivity index (χ1v) is 7.29. The molecule has 3 aromatic rings. The van der Waals surface area contributed by atoms with Crippen LogP contribution in [-0.4, -0.2) is 15.0 Å². The molecule has 4 nitrogen and oxygen atoms in total. The van der Waals surface area contributed by atoms with Crippen LogP contribution in [-0.2, 0) is 6.42 Å². The van der Waals surface area contributed by atoms with Gasteiger partial charge in [0.05, 0.1) is 5.69 Å². The second kappa shape index (κ2) is 5.01. The molecule has 0 radical (unpaired) electrons. The van der Waals surface area contributed by atoms with E-state index in [0.717, 1.165) is 35.1 Å². The molecule has 0 aliphatic heterocycles. The Kier molecular flexibility index (Phi) is 3.21. The first kappa shape index (κ1) is 12.2. The molecule has 0 aliphatic rings. The van der Waals surface area contributed by atoms with Gasteiger partial charge >= 0.3 is 0 Å². The van der Waals surface area contributed by atoms with Crippen LogP contribution in [0.2, 0.25) is 0 Å². The lowest BCUT2D eigenvalue weighted by molar-refractivity contribution is 0.804. The highest BCUT2D eigenvalue weighted by Crippen LogP contribution is 2.34. The fourth-order valence-corrected chi connectivity index (χ4v) is 3.14. The van der Waals surface area contributed by atoms with Crippen molar-refractivity contribution >= 4 is 27.5 Å². The van der Waals surface area contributed by atoms with Crippen molar-refractivity contribution in [3.05, 3.63) is 29.4 Å². The number of nitrogens with one attached hydrogen (secondary N) is 1. The van der Waals surface area contributed by atoms with Crippen molar-refractivity contribution in [1.82, 2.24) is 15.0 Å². The van der Waals surface area contributed by atoms with E-state index in [2.05, 4.69) is 21.9 Å². The maximum Gasteiger partial charge on any atom is 0.180 e. The SMILES string of the molecule is CCCCc1sc(N)nc1-c1ccnc2[nH]ccc12. The highest BCUT2D eigenvalue weighted by molar-refractivity contribution is 7.15. The van der Waals surface area contributed by atoms with Crippen molar-refractivity contribution < 1.29 is 0 Å². The predicted octanol–water partition coefficient (Wildman–Crippen LogP) is 3.61. The number of aromatic nitrogens is 3. The van der Waals surface area contributed by atoms with Crippen molar-refractivity contribution in [2.75, 3.05) is 5.73 Å². The van der Waals surface area contributed by atoms with Gasteiger partial charge in [-0.05, 0) is 25.0 Å². The number of anilines is 1. The van der Waals surface area contributed by atoms with Gasteiger partial charge in [-0.2, -0.15) is 0 Å². The number of nitrogens with two attached hydrogens (primary N) is 1. The molecule has 0 amide bonds. The minimum Gasteiger partial charge on any atom is -0.375 e. The highest BCUT2D eigenvalue weighted by atomic mass is 32.1. The van der Waals surface area contributed by atoms with Gasteiger partial charge in [0, 0.05) is 28.2 Å². The number of aryl methyl sites for hydroxylation is 1. The third kappa shape index (κ3) is 2.21. The van der Waals surface area contributed by atoms with Gasteiger partial charge in [0.15, 0.2) is 5.13 Å². The van der Waals surface area contributed by atoms with Crippen LogP contribution >= 0.6 is 11.3 Å². The first-order chi connectivity index (χ1) is 9.29. The number of nitrogen functional groups attached to an aromatic ring is 1. The third-order valence-corrected chi connectivity index (χ3v) is 4.13. The Morgan fingerprint density at radius 2 is 2.26 bits per heavy atom. The summed E-state index contributed by atoms with van der Waals surface area (Å²) >= 11 is 1.60. The molecule has 0 aromatic carbocycles. The van der Waals surface area contributed by atoms with Crippen molar-refractivity contribution in [1.29, 1.82) is 0 Å². The fraction of sp³-hybridized carbons (Fsp3) is 0.286. The van der Waals surface area contributed by atoms with Crippen molar-refractivity contribution in [2.45, 2.75) is 26.2 Å². The van der Waals surface area contributed by atoms with E-state index in [1.165, 1.54) is 11.3 Å². The summed E-state index contributed by atoms with van der Waals surface area (Å²) < 4.78 is 0. The van der Waals surface area contributed by atoms with Crippen LogP contribution in [0, 0.1) is 0 Å². The summed E-state index contributed by atoms with van der Waals surface area (Å²) in [6.45, 7) is 2.20. The van der Waals surface area contributed by atoms with Gasteiger partial charge in [-0.3, -0.25) is 0 Å². The summed E-state index contributed by atoms with van der Waals surface area (Å²) in [4.78, 5) is 13.2. The summed E-state index contributed by atoms with van der Waals surface area (Å²) in [6, 6.07) is 4.05. The molecule has 19 heavy (non-hydrogen) atoms. The van der Waals surface area contributed by atoms with Crippen LogP contribution in [0.5, 0.6) is 0 Å². The minimum atomic E-state index is 0.640. The summed E-state index contributed by atoms with van der Waals surface area (Å²) in [6.07, 6.45) is 7.09. The maximum absolute atomic E-state index is 5.89. The van der Waals surface area contributed by atoms with Gasteiger partial charge < -0.3 is 10.7 Å². The van der Waals surface area contributed by atoms with Crippen LogP contribution in [0.3, 0.4) is 0 Å². The van der Waals surface area contributed by atoms with Gasteiger partial charge in [0.25, 0.3) is 0 Å². The average Bonchev–Trinajstić information content (AvgIpc) is 3.02. The van der Waals surface area contributed by atoms with E-state index >= 15 is 0 Å². The summed E-state index contributed by atoms with van der Waals surface area (Å²) in [5, 5.41) is 1.74. The number of fused-ring (bicyclic) bond motifs is 1. The molecule has 3 aromatic heterocycles. The fourth-order valence-electron chi connectivity index (χ4n) is 2.25. The van der Waals surface area contributed by atoms with Crippen molar-refractivity contribution in [3.63, 3.8) is 0 Å². The molecule has 3 N–H and O–H groups in total. The molecule has 0 saturated carbocycles. The number of hydrogen-bond donors (Lipinski definition) is 2. The van der Waals surface area contributed by atoms with Crippen LogP contribution in [0.4, 0.5) is 5.13 Å². The lowest BCUT2D eigenvalue weighted by Gasteiger charge is -2.03. The molecule has 98 valence electrons. The quantitative estimate of drug-likeness (QED) is 0.762. The number of thiazole rings is 1. The Hall–Kier alpha value is -1.88. The molecule has 0 atom stereocenters. The number of aromatic amines is 1. The summed E-state index contributed by atoms with van der Waals surface area (Å²) in [5.74, 6) is 0. The lowest BCUT2D eigenvalue weighted by Crippen LogP contribution is -1.89. The van der Waals surface area contributed by atoms with Gasteiger partial charge in [-0.25, -0.2) is 9.97 Å². The number of nitrogens with zero attached hydrogens (tertiary/aromatic N) is 2. The highest BCUT2D eigenvalue weighted by Gasteiger charge is 2.14. The predicted molar refractivity (Wildman–Crippen MR) is 80.2 cm³/mol. The van der Waals surface area contributed by atoms with Gasteiger partial charge in [-0.15, -0.1) is 11.3 Å². The van der Waals surface area contributed by atoms with E-state index in [4.69, 9.17) is 5.73 Å². The summed E-state index contributed by atoms with van der Waals surface area (Å²) in [7, 11) is 0. The normalized spacial score (nSPS) is 11.2. The molecule has 3 heterocycles. The number of rotatable bonds is 4. The standard InChI is InChI=1S/C14H16N4S/c1-2-3-4-11-12(18-14(15)19-11)9-5-7-16-13-10(9)6-8-17-13/h5-8H,2-4H2,1H3,(H2,15,18)(H,16,17). The number of H-pyrrole nitrogens is 1. The van der Waals surface area contributed by atoms with E-state index < -0.39 is 0 Å². The average molecular weight is 272 g/mol. The molecular weight excluding hydrogens is 256 g/mol.